The zero-order valence-corrected chi connectivity index (χ0v) is 35.8. The summed E-state index contributed by atoms with van der Waals surface area (Å²) in [6, 6.07) is 5.18. The number of esters is 1. The van der Waals surface area contributed by atoms with Crippen LogP contribution in [-0.2, 0) is 34.2 Å². The second-order valence-corrected chi connectivity index (χ2v) is 19.7. The number of anilines is 1. The lowest BCUT2D eigenvalue weighted by atomic mass is 9.48. The first-order valence-electron chi connectivity index (χ1n) is 20.1. The summed E-state index contributed by atoms with van der Waals surface area (Å²) in [5.74, 6) is -5.52. The predicted octanol–water partition coefficient (Wildman–Crippen LogP) is 5.67. The maximum atomic E-state index is 15.1. The fraction of sp³-hybridized carbons (Fsp3) is 0.714. The van der Waals surface area contributed by atoms with Crippen LogP contribution in [0, 0.1) is 29.6 Å². The molecule has 3 fully saturated rings. The predicted molar refractivity (Wildman–Crippen MR) is 207 cm³/mol. The van der Waals surface area contributed by atoms with Crippen molar-refractivity contribution in [1.82, 2.24) is 5.32 Å². The van der Waals surface area contributed by atoms with Gasteiger partial charge in [0.1, 0.15) is 11.7 Å². The van der Waals surface area contributed by atoms with E-state index in [4.69, 9.17) is 30.6 Å². The van der Waals surface area contributed by atoms with Gasteiger partial charge in [0.25, 0.3) is 12.3 Å². The number of amides is 1. The molecule has 14 nitrogen and oxygen atoms in total. The number of aliphatic carboxylic acids is 1. The summed E-state index contributed by atoms with van der Waals surface area (Å²) in [7, 11) is 1.50. The number of ether oxygens (including phenoxy) is 3. The molecule has 0 aromatic heterocycles. The van der Waals surface area contributed by atoms with Crippen LogP contribution in [0.15, 0.2) is 29.8 Å². The molecule has 6 rings (SSSR count). The molecule has 2 saturated carbocycles. The number of nitrogens with zero attached hydrogens (tertiary/aromatic N) is 2. The molecule has 3 N–H and O–H groups in total. The van der Waals surface area contributed by atoms with Crippen molar-refractivity contribution in [3.8, 4) is 0 Å². The van der Waals surface area contributed by atoms with Gasteiger partial charge in [-0.05, 0) is 110 Å². The molecule has 1 aromatic rings. The molecule has 1 saturated heterocycles. The number of likely N-dealkylation sites (tertiary alicyclic amines) is 1. The number of carboxylic acid groups (broad SMARTS) is 2. The standard InChI is InChI=1S/C42H60ClN3O11/c1-22-19-29-27(23(2)20-44-26-16-17-26)18-15-24(3)42(29,53)33(32(22)54-25(4)47)40(35(48)49)21-41(56-37(52)55-39(8,9)10)28-13-12-14-30(43)31(28)45(11)57-34(41)46(40,36(50)51)38(5,6)7/h12-14,19,23-24,26-27,29,32-34,44,53H,15-18,20-21H2,1-11H3,(H-,48,49,50,51)/t23-,24+,27-,29?,32-,33+,34+,40-,41+,42+,46?/m0/s1. The summed E-state index contributed by atoms with van der Waals surface area (Å²) in [6.07, 6.45) is -1.90. The molecule has 3 aliphatic carbocycles. The van der Waals surface area contributed by atoms with Gasteiger partial charge in [0, 0.05) is 31.5 Å². The van der Waals surface area contributed by atoms with E-state index in [0.29, 0.717) is 31.0 Å². The summed E-state index contributed by atoms with van der Waals surface area (Å²) < 4.78 is 16.7. The maximum Gasteiger partial charge on any atom is 0.510 e. The molecule has 5 aliphatic rings. The van der Waals surface area contributed by atoms with Crippen LogP contribution < -0.4 is 15.5 Å². The van der Waals surface area contributed by atoms with Crippen LogP contribution in [0.2, 0.25) is 5.02 Å². The number of benzene rings is 1. The third-order valence-electron chi connectivity index (χ3n) is 13.6. The molecule has 316 valence electrons. The molecule has 11 atom stereocenters. The van der Waals surface area contributed by atoms with Crippen molar-refractivity contribution in [3.05, 3.63) is 40.4 Å². The lowest BCUT2D eigenvalue weighted by Gasteiger charge is -2.64. The number of hydrogen-bond donors (Lipinski definition) is 3. The van der Waals surface area contributed by atoms with Gasteiger partial charge in [0.15, 0.2) is 0 Å². The van der Waals surface area contributed by atoms with Crippen molar-refractivity contribution >= 4 is 41.5 Å². The van der Waals surface area contributed by atoms with Crippen molar-refractivity contribution in [1.29, 1.82) is 0 Å². The molecule has 2 heterocycles. The Morgan fingerprint density at radius 1 is 1.12 bits per heavy atom. The molecular formula is C42H60ClN3O11. The lowest BCUT2D eigenvalue weighted by Crippen LogP contribution is -2.86. The average molecular weight is 818 g/mol. The van der Waals surface area contributed by atoms with Crippen LogP contribution in [0.4, 0.5) is 15.3 Å². The van der Waals surface area contributed by atoms with E-state index in [2.05, 4.69) is 12.2 Å². The Labute approximate surface area is 340 Å². The number of para-hydroxylation sites is 1. The Hall–Kier alpha value is -3.43. The van der Waals surface area contributed by atoms with E-state index in [1.54, 1.807) is 66.7 Å². The van der Waals surface area contributed by atoms with Crippen molar-refractivity contribution in [3.63, 3.8) is 0 Å². The van der Waals surface area contributed by atoms with Crippen molar-refractivity contribution < 1.29 is 58.0 Å². The van der Waals surface area contributed by atoms with Gasteiger partial charge in [-0.3, -0.25) is 4.79 Å². The quantitative estimate of drug-likeness (QED) is 0.166. The zero-order valence-electron chi connectivity index (χ0n) is 35.0. The second kappa shape index (κ2) is 14.4. The summed E-state index contributed by atoms with van der Waals surface area (Å²) in [4.78, 5) is 63.6. The van der Waals surface area contributed by atoms with E-state index in [-0.39, 0.29) is 28.1 Å². The molecule has 0 spiro atoms. The molecule has 15 heteroatoms. The molecule has 2 aliphatic heterocycles. The SMILES string of the molecule is CC(=O)O[C@H]1C(C)=CC2[C@H]([C@@H](C)CNC3CC3)CC[C@@H](C)[C@]2(O)[C@H]1[C@]1(C(=O)O)C[C@@]2(OC(=O)OC(C)(C)C)c3cccc(Cl)c3N(C)O[C@H]2[N+]1(C(=O)[O-])C(C)(C)C. The Bertz CT molecular complexity index is 1840. The molecule has 57 heavy (non-hydrogen) atoms. The average Bonchev–Trinajstić information content (AvgIpc) is 3.85. The van der Waals surface area contributed by atoms with Gasteiger partial charge >= 0.3 is 18.1 Å². The first-order chi connectivity index (χ1) is 26.3. The maximum absolute atomic E-state index is 15.1. The van der Waals surface area contributed by atoms with E-state index in [1.165, 1.54) is 19.0 Å². The van der Waals surface area contributed by atoms with Gasteiger partial charge in [0.05, 0.1) is 34.2 Å². The van der Waals surface area contributed by atoms with Crippen molar-refractivity contribution in [2.75, 3.05) is 18.7 Å². The highest BCUT2D eigenvalue weighted by molar-refractivity contribution is 6.33. The number of hydroxylamine groups is 1. The largest absolute Gasteiger partial charge is 0.510 e. The molecule has 1 aromatic carbocycles. The number of halogens is 1. The highest BCUT2D eigenvalue weighted by atomic mass is 35.5. The number of carbonyl (C=O) groups excluding carboxylic acids is 3. The highest BCUT2D eigenvalue weighted by Crippen LogP contribution is 2.69. The third-order valence-corrected chi connectivity index (χ3v) is 13.9. The summed E-state index contributed by atoms with van der Waals surface area (Å²) in [5, 5.41) is 45.8. The molecule has 2 unspecified atom stereocenters. The summed E-state index contributed by atoms with van der Waals surface area (Å²) >= 11 is 6.81. The minimum Gasteiger partial charge on any atom is -0.498 e. The van der Waals surface area contributed by atoms with Crippen LogP contribution >= 0.6 is 11.6 Å². The van der Waals surface area contributed by atoms with Gasteiger partial charge in [-0.1, -0.05) is 43.7 Å². The number of aliphatic hydroxyl groups is 1. The first kappa shape index (κ1) is 43.2. The number of carboxylic acids is 1. The van der Waals surface area contributed by atoms with Gasteiger partial charge in [0.2, 0.25) is 11.1 Å². The van der Waals surface area contributed by atoms with Crippen molar-refractivity contribution in [2.45, 2.75) is 148 Å². The van der Waals surface area contributed by atoms with Crippen LogP contribution in [0.1, 0.15) is 107 Å². The number of fused-ring (bicyclic) bond motifs is 4. The topological polar surface area (TPSA) is 184 Å². The van der Waals surface area contributed by atoms with E-state index >= 15 is 4.79 Å². The fourth-order valence-corrected chi connectivity index (χ4v) is 11.5. The van der Waals surface area contributed by atoms with Gasteiger partial charge in [-0.15, -0.1) is 0 Å². The Kier molecular flexibility index (Phi) is 10.9. The van der Waals surface area contributed by atoms with E-state index in [0.717, 1.165) is 12.8 Å². The molecule has 0 radical (unpaired) electrons. The molecule has 1 amide bonds. The lowest BCUT2D eigenvalue weighted by molar-refractivity contribution is -0.991. The monoisotopic (exact) mass is 817 g/mol. The number of carbonyl (C=O) groups is 4. The Morgan fingerprint density at radius 3 is 2.32 bits per heavy atom. The smallest absolute Gasteiger partial charge is 0.498 e. The van der Waals surface area contributed by atoms with Gasteiger partial charge < -0.3 is 39.6 Å². The van der Waals surface area contributed by atoms with Crippen LogP contribution in [0.3, 0.4) is 0 Å². The number of hydrogen-bond acceptors (Lipinski definition) is 12. The van der Waals surface area contributed by atoms with E-state index < -0.39 is 93.1 Å². The normalized spacial score (nSPS) is 36.9. The van der Waals surface area contributed by atoms with Crippen LogP contribution in [-0.4, -0.2) is 93.1 Å². The van der Waals surface area contributed by atoms with Crippen molar-refractivity contribution in [2.24, 2.45) is 29.6 Å². The van der Waals surface area contributed by atoms with Crippen LogP contribution in [0.5, 0.6) is 0 Å². The summed E-state index contributed by atoms with van der Waals surface area (Å²) in [5.41, 5.74) is -8.83. The Balaban J connectivity index is 1.73. The summed E-state index contributed by atoms with van der Waals surface area (Å²) in [6.45, 7) is 17.0. The Morgan fingerprint density at radius 2 is 1.77 bits per heavy atom. The van der Waals surface area contributed by atoms with E-state index in [9.17, 15) is 29.7 Å². The minimum atomic E-state index is -2.71. The number of rotatable bonds is 8. The third kappa shape index (κ3) is 6.52. The molecule has 0 bridgehead atoms. The fourth-order valence-electron chi connectivity index (χ4n) is 11.2. The van der Waals surface area contributed by atoms with Gasteiger partial charge in [-0.2, -0.15) is 0 Å². The highest BCUT2D eigenvalue weighted by Gasteiger charge is 2.88. The second-order valence-electron chi connectivity index (χ2n) is 19.2. The number of nitrogens with one attached hydrogen (secondary N) is 1. The van der Waals surface area contributed by atoms with Gasteiger partial charge in [-0.25, -0.2) is 24.0 Å². The van der Waals surface area contributed by atoms with Crippen LogP contribution in [0.25, 0.3) is 0 Å². The number of quaternary nitrogens is 1. The minimum absolute atomic E-state index is 0.0207. The van der Waals surface area contributed by atoms with E-state index in [1.807, 2.05) is 13.0 Å². The zero-order chi connectivity index (χ0) is 42.4. The first-order valence-corrected chi connectivity index (χ1v) is 20.5. The molecular weight excluding hydrogens is 758 g/mol.